The first-order valence-corrected chi connectivity index (χ1v) is 5.34. The molecule has 0 amide bonds. The zero-order valence-electron chi connectivity index (χ0n) is 9.51. The van der Waals surface area contributed by atoms with Crippen molar-refractivity contribution in [3.8, 4) is 0 Å². The van der Waals surface area contributed by atoms with Crippen LogP contribution in [0.1, 0.15) is 18.2 Å². The van der Waals surface area contributed by atoms with Crippen LogP contribution in [0, 0.1) is 6.92 Å². The van der Waals surface area contributed by atoms with Crippen molar-refractivity contribution in [3.05, 3.63) is 29.7 Å². The van der Waals surface area contributed by atoms with Crippen LogP contribution in [0.15, 0.2) is 18.5 Å². The molecule has 0 radical (unpaired) electrons. The van der Waals surface area contributed by atoms with Gasteiger partial charge in [0.05, 0.1) is 12.3 Å². The van der Waals surface area contributed by atoms with Crippen LogP contribution >= 0.6 is 0 Å². The molecule has 0 saturated heterocycles. The number of hydrogen-bond donors (Lipinski definition) is 2. The second-order valence-electron chi connectivity index (χ2n) is 4.02. The Labute approximate surface area is 94.1 Å². The highest BCUT2D eigenvalue weighted by molar-refractivity contribution is 5.38. The summed E-state index contributed by atoms with van der Waals surface area (Å²) >= 11 is 0. The standard InChI is InChI=1S/C11H16N4O/c1-8-3-11-13-5-10(6-15(11)14-8)4-12-9(2)7-16/h3,5-6,9,12,16H,4,7H2,1-2H3/t9-/m1/s1. The number of fused-ring (bicyclic) bond motifs is 1. The molecule has 2 aromatic heterocycles. The molecule has 0 fully saturated rings. The summed E-state index contributed by atoms with van der Waals surface area (Å²) in [6, 6.07) is 2.03. The highest BCUT2D eigenvalue weighted by atomic mass is 16.3. The summed E-state index contributed by atoms with van der Waals surface area (Å²) in [7, 11) is 0. The average Bonchev–Trinajstić information content (AvgIpc) is 2.65. The van der Waals surface area contributed by atoms with Crippen LogP contribution < -0.4 is 5.32 Å². The molecular weight excluding hydrogens is 204 g/mol. The lowest BCUT2D eigenvalue weighted by Gasteiger charge is -2.10. The SMILES string of the molecule is Cc1cc2ncc(CN[C@H](C)CO)cn2n1. The third-order valence-corrected chi connectivity index (χ3v) is 2.42. The first-order valence-electron chi connectivity index (χ1n) is 5.34. The molecule has 0 aliphatic rings. The predicted molar refractivity (Wildman–Crippen MR) is 61.1 cm³/mol. The molecule has 0 saturated carbocycles. The molecule has 2 aromatic rings. The number of nitrogens with zero attached hydrogens (tertiary/aromatic N) is 3. The minimum Gasteiger partial charge on any atom is -0.395 e. The van der Waals surface area contributed by atoms with Crippen molar-refractivity contribution in [1.29, 1.82) is 0 Å². The number of aliphatic hydroxyl groups is 1. The van der Waals surface area contributed by atoms with Crippen LogP contribution in [0.25, 0.3) is 5.65 Å². The van der Waals surface area contributed by atoms with Gasteiger partial charge in [-0.2, -0.15) is 5.10 Å². The Kier molecular flexibility index (Phi) is 3.17. The fourth-order valence-electron chi connectivity index (χ4n) is 1.48. The highest BCUT2D eigenvalue weighted by Gasteiger charge is 2.02. The third kappa shape index (κ3) is 2.37. The summed E-state index contributed by atoms with van der Waals surface area (Å²) < 4.78 is 1.77. The first-order chi connectivity index (χ1) is 7.69. The molecule has 1 atom stereocenters. The Hall–Kier alpha value is -1.46. The minimum absolute atomic E-state index is 0.0926. The smallest absolute Gasteiger partial charge is 0.155 e. The van der Waals surface area contributed by atoms with Crippen LogP contribution in [-0.4, -0.2) is 32.4 Å². The van der Waals surface area contributed by atoms with Crippen molar-refractivity contribution in [2.45, 2.75) is 26.4 Å². The molecule has 2 heterocycles. The Morgan fingerprint density at radius 2 is 2.38 bits per heavy atom. The van der Waals surface area contributed by atoms with Gasteiger partial charge in [0.2, 0.25) is 0 Å². The minimum atomic E-state index is 0.0926. The second kappa shape index (κ2) is 4.59. The van der Waals surface area contributed by atoms with E-state index in [4.69, 9.17) is 5.11 Å². The van der Waals surface area contributed by atoms with Gasteiger partial charge in [-0.25, -0.2) is 9.50 Å². The summed E-state index contributed by atoms with van der Waals surface area (Å²) in [5.74, 6) is 0. The third-order valence-electron chi connectivity index (χ3n) is 2.42. The maximum atomic E-state index is 8.89. The van der Waals surface area contributed by atoms with Gasteiger partial charge < -0.3 is 10.4 Å². The fourth-order valence-corrected chi connectivity index (χ4v) is 1.48. The molecule has 0 spiro atoms. The van der Waals surface area contributed by atoms with Gasteiger partial charge >= 0.3 is 0 Å². The van der Waals surface area contributed by atoms with Crippen molar-refractivity contribution < 1.29 is 5.11 Å². The van der Waals surface area contributed by atoms with E-state index in [0.29, 0.717) is 6.54 Å². The lowest BCUT2D eigenvalue weighted by Crippen LogP contribution is -2.28. The first kappa shape index (κ1) is 11.0. The van der Waals surface area contributed by atoms with Crippen LogP contribution in [0.5, 0.6) is 0 Å². The quantitative estimate of drug-likeness (QED) is 0.788. The largest absolute Gasteiger partial charge is 0.395 e. The second-order valence-corrected chi connectivity index (χ2v) is 4.02. The number of aryl methyl sites for hydroxylation is 1. The van der Waals surface area contributed by atoms with Crippen LogP contribution in [0.4, 0.5) is 0 Å². The molecule has 0 aliphatic heterocycles. The number of hydrogen-bond acceptors (Lipinski definition) is 4. The fraction of sp³-hybridized carbons (Fsp3) is 0.455. The van der Waals surface area contributed by atoms with E-state index < -0.39 is 0 Å². The number of rotatable bonds is 4. The molecular formula is C11H16N4O. The summed E-state index contributed by atoms with van der Waals surface area (Å²) in [5.41, 5.74) is 2.87. The van der Waals surface area contributed by atoms with Gasteiger partial charge in [-0.3, -0.25) is 0 Å². The van der Waals surface area contributed by atoms with E-state index >= 15 is 0 Å². The van der Waals surface area contributed by atoms with Crippen molar-refractivity contribution in [2.24, 2.45) is 0 Å². The van der Waals surface area contributed by atoms with E-state index in [9.17, 15) is 0 Å². The Morgan fingerprint density at radius 3 is 3.12 bits per heavy atom. The van der Waals surface area contributed by atoms with Gasteiger partial charge in [0.1, 0.15) is 0 Å². The van der Waals surface area contributed by atoms with Crippen molar-refractivity contribution in [2.75, 3.05) is 6.61 Å². The van der Waals surface area contributed by atoms with Crippen molar-refractivity contribution in [3.63, 3.8) is 0 Å². The van der Waals surface area contributed by atoms with Gasteiger partial charge in [0, 0.05) is 36.6 Å². The molecule has 86 valence electrons. The Bertz CT molecular complexity index is 480. The van der Waals surface area contributed by atoms with E-state index in [-0.39, 0.29) is 12.6 Å². The highest BCUT2D eigenvalue weighted by Crippen LogP contribution is 2.04. The van der Waals surface area contributed by atoms with Gasteiger partial charge in [-0.1, -0.05) is 0 Å². The van der Waals surface area contributed by atoms with E-state index in [1.807, 2.05) is 32.3 Å². The maximum Gasteiger partial charge on any atom is 0.155 e. The normalized spacial score (nSPS) is 13.2. The van der Waals surface area contributed by atoms with Gasteiger partial charge in [-0.05, 0) is 13.8 Å². The number of nitrogens with one attached hydrogen (secondary N) is 1. The molecule has 2 N–H and O–H groups in total. The topological polar surface area (TPSA) is 62.5 Å². The van der Waals surface area contributed by atoms with Crippen LogP contribution in [-0.2, 0) is 6.54 Å². The van der Waals surface area contributed by atoms with Crippen LogP contribution in [0.2, 0.25) is 0 Å². The monoisotopic (exact) mass is 220 g/mol. The zero-order valence-corrected chi connectivity index (χ0v) is 9.51. The van der Waals surface area contributed by atoms with E-state index in [0.717, 1.165) is 16.9 Å². The predicted octanol–water partition coefficient (Wildman–Crippen LogP) is 0.508. The summed E-state index contributed by atoms with van der Waals surface area (Å²) in [6.45, 7) is 4.70. The Morgan fingerprint density at radius 1 is 1.56 bits per heavy atom. The van der Waals surface area contributed by atoms with Gasteiger partial charge in [0.15, 0.2) is 5.65 Å². The zero-order chi connectivity index (χ0) is 11.5. The van der Waals surface area contributed by atoms with Gasteiger partial charge in [0.25, 0.3) is 0 Å². The molecule has 5 heteroatoms. The van der Waals surface area contributed by atoms with Gasteiger partial charge in [-0.15, -0.1) is 0 Å². The number of aliphatic hydroxyl groups excluding tert-OH is 1. The lowest BCUT2D eigenvalue weighted by atomic mass is 10.3. The molecule has 2 rings (SSSR count). The average molecular weight is 220 g/mol. The molecule has 16 heavy (non-hydrogen) atoms. The molecule has 5 nitrogen and oxygen atoms in total. The molecule has 0 aliphatic carbocycles. The van der Waals surface area contributed by atoms with Crippen LogP contribution in [0.3, 0.4) is 0 Å². The molecule has 0 unspecified atom stereocenters. The molecule has 0 bridgehead atoms. The van der Waals surface area contributed by atoms with Crippen molar-refractivity contribution >= 4 is 5.65 Å². The van der Waals surface area contributed by atoms with E-state index in [1.165, 1.54) is 0 Å². The summed E-state index contributed by atoms with van der Waals surface area (Å²) in [4.78, 5) is 4.30. The summed E-state index contributed by atoms with van der Waals surface area (Å²) in [6.07, 6.45) is 3.78. The number of aromatic nitrogens is 3. The molecule has 0 aromatic carbocycles. The van der Waals surface area contributed by atoms with E-state index in [1.54, 1.807) is 4.52 Å². The summed E-state index contributed by atoms with van der Waals surface area (Å²) in [5, 5.41) is 16.4. The Balaban J connectivity index is 2.13. The van der Waals surface area contributed by atoms with E-state index in [2.05, 4.69) is 15.4 Å². The maximum absolute atomic E-state index is 8.89. The lowest BCUT2D eigenvalue weighted by molar-refractivity contribution is 0.251. The van der Waals surface area contributed by atoms with Crippen molar-refractivity contribution in [1.82, 2.24) is 19.9 Å².